The summed E-state index contributed by atoms with van der Waals surface area (Å²) >= 11 is 1.15. The van der Waals surface area contributed by atoms with Crippen molar-refractivity contribution in [1.29, 1.82) is 0 Å². The largest absolute Gasteiger partial charge is 0.456 e. The molecule has 1 aromatic carbocycles. The molecule has 1 N–H and O–H groups in total. The van der Waals surface area contributed by atoms with Crippen LogP contribution in [0.3, 0.4) is 0 Å². The first-order valence-corrected chi connectivity index (χ1v) is 7.51. The predicted octanol–water partition coefficient (Wildman–Crippen LogP) is 3.66. The van der Waals surface area contributed by atoms with E-state index < -0.39 is 17.6 Å². The molecule has 0 aliphatic heterocycles. The van der Waals surface area contributed by atoms with E-state index in [0.717, 1.165) is 23.5 Å². The molecule has 2 rings (SSSR count). The Kier molecular flexibility index (Phi) is 5.45. The predicted molar refractivity (Wildman–Crippen MR) is 83.4 cm³/mol. The number of carbonyl (C=O) groups is 1. The summed E-state index contributed by atoms with van der Waals surface area (Å²) in [4.78, 5) is 16.9. The summed E-state index contributed by atoms with van der Waals surface area (Å²) in [5, 5.41) is 7.69. The standard InChI is InChI=1S/C15H13F3N2O3S/c1-19-14(21)12(20-22-2)13-11(6-7-24-13)23-10-5-3-4-9(8-10)15(16,17)18/h3-8H,1-2H3,(H,19,21)/b20-12-. The second kappa shape index (κ2) is 7.35. The Bertz CT molecular complexity index is 756. The van der Waals surface area contributed by atoms with E-state index in [1.54, 1.807) is 5.38 Å². The molecule has 0 spiro atoms. The van der Waals surface area contributed by atoms with Gasteiger partial charge in [0.05, 0.1) is 5.56 Å². The second-order valence-electron chi connectivity index (χ2n) is 4.44. The summed E-state index contributed by atoms with van der Waals surface area (Å²) in [6, 6.07) is 6.00. The van der Waals surface area contributed by atoms with Gasteiger partial charge in [0.15, 0.2) is 5.71 Å². The number of alkyl halides is 3. The van der Waals surface area contributed by atoms with Gasteiger partial charge in [0.25, 0.3) is 5.91 Å². The lowest BCUT2D eigenvalue weighted by molar-refractivity contribution is -0.137. The maximum absolute atomic E-state index is 12.8. The molecule has 24 heavy (non-hydrogen) atoms. The van der Waals surface area contributed by atoms with Crippen LogP contribution in [0.25, 0.3) is 0 Å². The minimum absolute atomic E-state index is 0.00171. The number of nitrogens with one attached hydrogen (secondary N) is 1. The lowest BCUT2D eigenvalue weighted by Gasteiger charge is -2.11. The molecule has 1 aromatic heterocycles. The molecule has 0 aliphatic rings. The molecular weight excluding hydrogens is 345 g/mol. The first-order valence-electron chi connectivity index (χ1n) is 6.63. The van der Waals surface area contributed by atoms with E-state index >= 15 is 0 Å². The first-order chi connectivity index (χ1) is 11.4. The average molecular weight is 358 g/mol. The topological polar surface area (TPSA) is 59.9 Å². The summed E-state index contributed by atoms with van der Waals surface area (Å²) in [5.74, 6) is -0.301. The second-order valence-corrected chi connectivity index (χ2v) is 5.36. The van der Waals surface area contributed by atoms with Gasteiger partial charge in [-0.15, -0.1) is 11.3 Å². The van der Waals surface area contributed by atoms with Gasteiger partial charge < -0.3 is 14.9 Å². The number of benzene rings is 1. The summed E-state index contributed by atoms with van der Waals surface area (Å²) in [6.45, 7) is 0. The van der Waals surface area contributed by atoms with Gasteiger partial charge >= 0.3 is 6.18 Å². The van der Waals surface area contributed by atoms with Crippen LogP contribution in [0.2, 0.25) is 0 Å². The van der Waals surface area contributed by atoms with Gasteiger partial charge in [-0.2, -0.15) is 13.2 Å². The van der Waals surface area contributed by atoms with Crippen LogP contribution in [0.4, 0.5) is 13.2 Å². The smallest absolute Gasteiger partial charge is 0.416 e. The summed E-state index contributed by atoms with van der Waals surface area (Å²) in [5.41, 5.74) is -0.856. The lowest BCUT2D eigenvalue weighted by atomic mass is 10.2. The maximum Gasteiger partial charge on any atom is 0.416 e. The third-order valence-electron chi connectivity index (χ3n) is 2.86. The number of amides is 1. The number of halogens is 3. The molecule has 128 valence electrons. The number of hydrogen-bond acceptors (Lipinski definition) is 5. The Labute approximate surface area is 139 Å². The molecule has 5 nitrogen and oxygen atoms in total. The van der Waals surface area contributed by atoms with Crippen LogP contribution in [0.1, 0.15) is 10.4 Å². The zero-order valence-corrected chi connectivity index (χ0v) is 13.5. The highest BCUT2D eigenvalue weighted by atomic mass is 32.1. The zero-order chi connectivity index (χ0) is 17.7. The van der Waals surface area contributed by atoms with E-state index in [9.17, 15) is 18.0 Å². The van der Waals surface area contributed by atoms with E-state index in [1.165, 1.54) is 32.4 Å². The van der Waals surface area contributed by atoms with Gasteiger partial charge in [-0.25, -0.2) is 0 Å². The molecule has 0 radical (unpaired) electrons. The van der Waals surface area contributed by atoms with Crippen molar-refractivity contribution >= 4 is 23.0 Å². The van der Waals surface area contributed by atoms with E-state index in [-0.39, 0.29) is 17.2 Å². The number of thiophene rings is 1. The number of likely N-dealkylation sites (N-methyl/N-ethyl adjacent to an activating group) is 1. The Morgan fingerprint density at radius 2 is 2.04 bits per heavy atom. The molecule has 0 saturated carbocycles. The molecule has 0 unspecified atom stereocenters. The SMILES string of the molecule is CNC(=O)/C(=N\OC)c1sccc1Oc1cccc(C(F)(F)F)c1. The van der Waals surface area contributed by atoms with Crippen molar-refractivity contribution in [3.63, 3.8) is 0 Å². The van der Waals surface area contributed by atoms with Crippen LogP contribution in [0.5, 0.6) is 11.5 Å². The third-order valence-corrected chi connectivity index (χ3v) is 3.76. The van der Waals surface area contributed by atoms with E-state index in [1.807, 2.05) is 0 Å². The Balaban J connectivity index is 2.35. The van der Waals surface area contributed by atoms with Crippen molar-refractivity contribution in [2.45, 2.75) is 6.18 Å². The Morgan fingerprint density at radius 1 is 1.29 bits per heavy atom. The minimum atomic E-state index is -4.47. The molecule has 0 saturated heterocycles. The van der Waals surface area contributed by atoms with Gasteiger partial charge in [-0.1, -0.05) is 11.2 Å². The van der Waals surface area contributed by atoms with Gasteiger partial charge in [-0.3, -0.25) is 4.79 Å². The summed E-state index contributed by atoms with van der Waals surface area (Å²) in [6.07, 6.45) is -4.47. The first kappa shape index (κ1) is 17.8. The zero-order valence-electron chi connectivity index (χ0n) is 12.7. The van der Waals surface area contributed by atoms with Gasteiger partial charge in [0.1, 0.15) is 23.5 Å². The summed E-state index contributed by atoms with van der Waals surface area (Å²) < 4.78 is 43.8. The maximum atomic E-state index is 12.8. The van der Waals surface area contributed by atoms with Crippen molar-refractivity contribution in [3.8, 4) is 11.5 Å². The number of carbonyl (C=O) groups excluding carboxylic acids is 1. The molecule has 0 aliphatic carbocycles. The monoisotopic (exact) mass is 358 g/mol. The number of hydrogen-bond donors (Lipinski definition) is 1. The lowest BCUT2D eigenvalue weighted by Crippen LogP contribution is -2.28. The van der Waals surface area contributed by atoms with Gasteiger partial charge in [0.2, 0.25) is 0 Å². The van der Waals surface area contributed by atoms with E-state index in [4.69, 9.17) is 4.74 Å². The molecule has 0 bridgehead atoms. The normalized spacial score (nSPS) is 12.0. The molecule has 0 atom stereocenters. The number of ether oxygens (including phenoxy) is 1. The molecule has 9 heteroatoms. The van der Waals surface area contributed by atoms with Gasteiger partial charge in [0, 0.05) is 7.05 Å². The van der Waals surface area contributed by atoms with Gasteiger partial charge in [-0.05, 0) is 29.6 Å². The highest BCUT2D eigenvalue weighted by Crippen LogP contribution is 2.35. The quantitative estimate of drug-likeness (QED) is 0.656. The fraction of sp³-hybridized carbons (Fsp3) is 0.200. The Morgan fingerprint density at radius 3 is 2.67 bits per heavy atom. The molecular formula is C15H13F3N2O3S. The highest BCUT2D eigenvalue weighted by Gasteiger charge is 2.30. The minimum Gasteiger partial charge on any atom is -0.456 e. The van der Waals surface area contributed by atoms with E-state index in [0.29, 0.717) is 4.88 Å². The van der Waals surface area contributed by atoms with Crippen molar-refractivity contribution < 1.29 is 27.5 Å². The van der Waals surface area contributed by atoms with Crippen LogP contribution in [0, 0.1) is 0 Å². The molecule has 1 amide bonds. The number of nitrogens with zero attached hydrogens (tertiary/aromatic N) is 1. The van der Waals surface area contributed by atoms with Crippen molar-refractivity contribution in [2.24, 2.45) is 5.16 Å². The fourth-order valence-electron chi connectivity index (χ4n) is 1.81. The van der Waals surface area contributed by atoms with E-state index in [2.05, 4.69) is 15.3 Å². The molecule has 2 aromatic rings. The highest BCUT2D eigenvalue weighted by molar-refractivity contribution is 7.13. The van der Waals surface area contributed by atoms with Crippen LogP contribution >= 0.6 is 11.3 Å². The number of oxime groups is 1. The average Bonchev–Trinajstić information content (AvgIpc) is 2.99. The Hall–Kier alpha value is -2.55. The third kappa shape index (κ3) is 4.05. The van der Waals surface area contributed by atoms with Crippen molar-refractivity contribution in [2.75, 3.05) is 14.2 Å². The molecule has 0 fully saturated rings. The fourth-order valence-corrected chi connectivity index (χ4v) is 2.60. The van der Waals surface area contributed by atoms with Crippen molar-refractivity contribution in [1.82, 2.24) is 5.32 Å². The van der Waals surface area contributed by atoms with Crippen LogP contribution in [-0.4, -0.2) is 25.8 Å². The van der Waals surface area contributed by atoms with Crippen LogP contribution < -0.4 is 10.1 Å². The summed E-state index contributed by atoms with van der Waals surface area (Å²) in [7, 11) is 2.71. The number of rotatable bonds is 5. The van der Waals surface area contributed by atoms with Crippen LogP contribution in [0.15, 0.2) is 40.9 Å². The molecule has 1 heterocycles. The van der Waals surface area contributed by atoms with Crippen LogP contribution in [-0.2, 0) is 15.8 Å². The van der Waals surface area contributed by atoms with Crippen molar-refractivity contribution in [3.05, 3.63) is 46.2 Å².